The van der Waals surface area contributed by atoms with E-state index in [1.54, 1.807) is 6.07 Å². The fourth-order valence-electron chi connectivity index (χ4n) is 1.00. The van der Waals surface area contributed by atoms with Gasteiger partial charge in [-0.15, -0.1) is 0 Å². The Labute approximate surface area is 104 Å². The van der Waals surface area contributed by atoms with Crippen LogP contribution >= 0.6 is 51.1 Å². The summed E-state index contributed by atoms with van der Waals surface area (Å²) in [6.07, 6.45) is -4.26. The summed E-state index contributed by atoms with van der Waals surface area (Å²) in [6, 6.07) is 4.31. The molecule has 0 unspecified atom stereocenters. The molecule has 0 spiro atoms. The van der Waals surface area contributed by atoms with E-state index in [0.717, 1.165) is 6.07 Å². The van der Waals surface area contributed by atoms with Gasteiger partial charge in [-0.3, -0.25) is 0 Å². The molecule has 8 heteroatoms. The van der Waals surface area contributed by atoms with E-state index < -0.39 is 11.7 Å². The molecule has 2 rings (SSSR count). The number of alkyl halides is 3. The fourth-order valence-corrected chi connectivity index (χ4v) is 10.1. The van der Waals surface area contributed by atoms with Crippen LogP contribution in [0.2, 0.25) is 0 Å². The van der Waals surface area contributed by atoms with Crippen LogP contribution in [0, 0.1) is 0 Å². The van der Waals surface area contributed by atoms with Crippen LogP contribution in [0.15, 0.2) is 28.0 Å². The molecule has 0 saturated heterocycles. The summed E-state index contributed by atoms with van der Waals surface area (Å²) in [5.41, 5.74) is -0.534. The first kappa shape index (κ1) is 12.2. The zero-order valence-electron chi connectivity index (χ0n) is 6.91. The highest BCUT2D eigenvalue weighted by Gasteiger charge is 2.35. The van der Waals surface area contributed by atoms with Crippen LogP contribution in [0.25, 0.3) is 0 Å². The molecule has 0 fully saturated rings. The van der Waals surface area contributed by atoms with Gasteiger partial charge in [-0.05, 0) is 63.2 Å². The molecule has 0 radical (unpaired) electrons. The molecule has 1 aromatic rings. The minimum Gasteiger partial charge on any atom is -0.166 e. The van der Waals surface area contributed by atoms with Gasteiger partial charge in [-0.25, -0.2) is 0 Å². The van der Waals surface area contributed by atoms with Gasteiger partial charge < -0.3 is 0 Å². The Bertz CT molecular complexity index is 364. The average molecular weight is 304 g/mol. The summed E-state index contributed by atoms with van der Waals surface area (Å²) < 4.78 is 38.0. The summed E-state index contributed by atoms with van der Waals surface area (Å²) in [7, 11) is 6.89. The molecule has 0 saturated carbocycles. The van der Waals surface area contributed by atoms with E-state index in [9.17, 15) is 13.2 Å². The van der Waals surface area contributed by atoms with Crippen molar-refractivity contribution < 1.29 is 13.2 Å². The SMILES string of the molecule is FC(F)(F)c1cccc2c1SSSSS2. The lowest BCUT2D eigenvalue weighted by Crippen LogP contribution is -2.06. The predicted molar refractivity (Wildman–Crippen MR) is 65.9 cm³/mol. The van der Waals surface area contributed by atoms with Crippen molar-refractivity contribution in [2.75, 3.05) is 0 Å². The first-order chi connectivity index (χ1) is 7.09. The third kappa shape index (κ3) is 2.91. The molecule has 82 valence electrons. The molecule has 1 aromatic carbocycles. The number of fused-ring (bicyclic) bond motifs is 1. The van der Waals surface area contributed by atoms with Gasteiger partial charge in [0.15, 0.2) is 0 Å². The van der Waals surface area contributed by atoms with Crippen LogP contribution in [-0.4, -0.2) is 0 Å². The van der Waals surface area contributed by atoms with Gasteiger partial charge in [0.2, 0.25) is 0 Å². The molecule has 0 aliphatic carbocycles. The normalized spacial score (nSPS) is 17.0. The summed E-state index contributed by atoms with van der Waals surface area (Å²) in [4.78, 5) is 1.02. The van der Waals surface area contributed by atoms with E-state index in [1.807, 2.05) is 0 Å². The zero-order chi connectivity index (χ0) is 10.9. The van der Waals surface area contributed by atoms with Gasteiger partial charge in [0.25, 0.3) is 0 Å². The molecular formula is C7H3F3S5. The first-order valence-electron chi connectivity index (χ1n) is 3.64. The van der Waals surface area contributed by atoms with E-state index in [2.05, 4.69) is 0 Å². The quantitative estimate of drug-likeness (QED) is 0.557. The van der Waals surface area contributed by atoms with Crippen molar-refractivity contribution in [2.24, 2.45) is 0 Å². The lowest BCUT2D eigenvalue weighted by Gasteiger charge is -2.12. The third-order valence-electron chi connectivity index (χ3n) is 1.58. The van der Waals surface area contributed by atoms with Gasteiger partial charge in [0.05, 0.1) is 5.56 Å². The number of benzene rings is 1. The summed E-state index contributed by atoms with van der Waals surface area (Å²) in [5.74, 6) is 0. The lowest BCUT2D eigenvalue weighted by atomic mass is 10.2. The molecule has 1 aliphatic rings. The lowest BCUT2D eigenvalue weighted by molar-refractivity contribution is -0.140. The summed E-state index contributed by atoms with van der Waals surface area (Å²) in [6.45, 7) is 0. The Hall–Kier alpha value is 0.760. The molecular weight excluding hydrogens is 301 g/mol. The highest BCUT2D eigenvalue weighted by molar-refractivity contribution is 9.36. The van der Waals surface area contributed by atoms with Crippen molar-refractivity contribution in [1.29, 1.82) is 0 Å². The monoisotopic (exact) mass is 304 g/mol. The molecule has 0 bridgehead atoms. The molecule has 0 atom stereocenters. The first-order valence-corrected chi connectivity index (χ1v) is 9.79. The highest BCUT2D eigenvalue weighted by atomic mass is 33.8. The average Bonchev–Trinajstić information content (AvgIpc) is 2.39. The molecule has 0 aromatic heterocycles. The van der Waals surface area contributed by atoms with E-state index in [1.165, 1.54) is 57.1 Å². The molecule has 1 heterocycles. The predicted octanol–water partition coefficient (Wildman–Crippen LogP) is 5.76. The van der Waals surface area contributed by atoms with Crippen LogP contribution < -0.4 is 0 Å². The van der Waals surface area contributed by atoms with Crippen molar-refractivity contribution in [2.45, 2.75) is 16.0 Å². The van der Waals surface area contributed by atoms with Gasteiger partial charge in [0, 0.05) is 9.79 Å². The number of hydrogen-bond acceptors (Lipinski definition) is 5. The number of rotatable bonds is 0. The van der Waals surface area contributed by atoms with Crippen LogP contribution in [0.4, 0.5) is 13.2 Å². The van der Waals surface area contributed by atoms with E-state index >= 15 is 0 Å². The minimum atomic E-state index is -4.26. The van der Waals surface area contributed by atoms with Crippen molar-refractivity contribution >= 4 is 51.1 Å². The third-order valence-corrected chi connectivity index (χ3v) is 10.1. The van der Waals surface area contributed by atoms with Crippen LogP contribution in [0.1, 0.15) is 5.56 Å². The van der Waals surface area contributed by atoms with Crippen molar-refractivity contribution in [1.82, 2.24) is 0 Å². The number of halogens is 3. The Morgan fingerprint density at radius 1 is 0.933 bits per heavy atom. The molecule has 0 amide bonds. The van der Waals surface area contributed by atoms with Gasteiger partial charge in [-0.2, -0.15) is 13.2 Å². The standard InChI is InChI=1S/C7H3F3S5/c8-7(9,10)4-2-1-3-5-6(4)12-14-15-13-11-5/h1-3H. The molecule has 0 N–H and O–H groups in total. The number of hydrogen-bond donors (Lipinski definition) is 0. The van der Waals surface area contributed by atoms with E-state index in [-0.39, 0.29) is 0 Å². The largest absolute Gasteiger partial charge is 0.417 e. The maximum absolute atomic E-state index is 12.7. The smallest absolute Gasteiger partial charge is 0.166 e. The van der Waals surface area contributed by atoms with Gasteiger partial charge in [-0.1, -0.05) is 6.07 Å². The van der Waals surface area contributed by atoms with Gasteiger partial charge in [0.1, 0.15) is 0 Å². The maximum Gasteiger partial charge on any atom is 0.417 e. The molecule has 0 nitrogen and oxygen atoms in total. The van der Waals surface area contributed by atoms with Crippen LogP contribution in [0.3, 0.4) is 0 Å². The highest BCUT2D eigenvalue weighted by Crippen LogP contribution is 2.60. The van der Waals surface area contributed by atoms with E-state index in [0.29, 0.717) is 9.79 Å². The van der Waals surface area contributed by atoms with Crippen molar-refractivity contribution in [3.8, 4) is 0 Å². The zero-order valence-corrected chi connectivity index (χ0v) is 11.0. The Morgan fingerprint density at radius 2 is 1.67 bits per heavy atom. The van der Waals surface area contributed by atoms with Crippen LogP contribution in [-0.2, 0) is 6.18 Å². The summed E-state index contributed by atoms with van der Waals surface area (Å²) >= 11 is 0. The topological polar surface area (TPSA) is 0 Å². The molecule has 15 heavy (non-hydrogen) atoms. The molecule has 1 aliphatic heterocycles. The second-order valence-corrected chi connectivity index (χ2v) is 9.99. The second-order valence-electron chi connectivity index (χ2n) is 2.50. The Balaban J connectivity index is 2.48. The Kier molecular flexibility index (Phi) is 4.03. The van der Waals surface area contributed by atoms with Crippen LogP contribution in [0.5, 0.6) is 0 Å². The second kappa shape index (κ2) is 4.95. The van der Waals surface area contributed by atoms with Gasteiger partial charge >= 0.3 is 6.18 Å². The van der Waals surface area contributed by atoms with Crippen molar-refractivity contribution in [3.63, 3.8) is 0 Å². The van der Waals surface area contributed by atoms with Crippen molar-refractivity contribution in [3.05, 3.63) is 23.8 Å². The van der Waals surface area contributed by atoms with E-state index in [4.69, 9.17) is 0 Å². The fraction of sp³-hybridized carbons (Fsp3) is 0.143. The minimum absolute atomic E-state index is 0.331. The maximum atomic E-state index is 12.7. The Morgan fingerprint density at radius 3 is 2.40 bits per heavy atom. The summed E-state index contributed by atoms with van der Waals surface area (Å²) in [5, 5.41) is 0.